The lowest BCUT2D eigenvalue weighted by atomic mass is 10.3. The van der Waals surface area contributed by atoms with E-state index in [0.717, 1.165) is 5.56 Å². The second kappa shape index (κ2) is 4.98. The normalized spacial score (nSPS) is 9.75. The van der Waals surface area contributed by atoms with Crippen LogP contribution in [0.5, 0.6) is 0 Å². The van der Waals surface area contributed by atoms with E-state index in [0.29, 0.717) is 18.3 Å². The average Bonchev–Trinajstić information content (AvgIpc) is 2.53. The summed E-state index contributed by atoms with van der Waals surface area (Å²) in [6.45, 7) is 0.544. The molecule has 1 N–H and O–H groups in total. The zero-order chi connectivity index (χ0) is 8.81. The molecule has 0 aliphatic rings. The molecule has 0 saturated heterocycles. The van der Waals surface area contributed by atoms with Crippen molar-refractivity contribution in [2.24, 2.45) is 0 Å². The zero-order valence-corrected chi connectivity index (χ0v) is 8.13. The Morgan fingerprint density at radius 1 is 1.67 bits per heavy atom. The first kappa shape index (κ1) is 9.32. The molecule has 66 valence electrons. The standard InChI is InChI=1S/C8H10BrNO2/c9-3-1-8(11)10-5-7-2-4-12-6-7/h2,4,6H,1,3,5H2,(H,10,11). The van der Waals surface area contributed by atoms with Crippen molar-refractivity contribution in [3.8, 4) is 0 Å². The smallest absolute Gasteiger partial charge is 0.221 e. The van der Waals surface area contributed by atoms with Crippen LogP contribution in [0.3, 0.4) is 0 Å². The van der Waals surface area contributed by atoms with Gasteiger partial charge in [0.2, 0.25) is 5.91 Å². The highest BCUT2D eigenvalue weighted by Gasteiger charge is 1.99. The number of hydrogen-bond acceptors (Lipinski definition) is 2. The molecule has 0 fully saturated rings. The highest BCUT2D eigenvalue weighted by atomic mass is 79.9. The van der Waals surface area contributed by atoms with Crippen LogP contribution >= 0.6 is 15.9 Å². The van der Waals surface area contributed by atoms with Gasteiger partial charge >= 0.3 is 0 Å². The van der Waals surface area contributed by atoms with E-state index < -0.39 is 0 Å². The van der Waals surface area contributed by atoms with Crippen molar-refractivity contribution in [2.45, 2.75) is 13.0 Å². The monoisotopic (exact) mass is 231 g/mol. The summed E-state index contributed by atoms with van der Waals surface area (Å²) in [5.41, 5.74) is 0.984. The lowest BCUT2D eigenvalue weighted by Crippen LogP contribution is -2.22. The zero-order valence-electron chi connectivity index (χ0n) is 6.55. The minimum atomic E-state index is 0.0491. The molecule has 3 nitrogen and oxygen atoms in total. The highest BCUT2D eigenvalue weighted by Crippen LogP contribution is 1.98. The fourth-order valence-electron chi connectivity index (χ4n) is 0.768. The molecule has 0 aromatic carbocycles. The van der Waals surface area contributed by atoms with Gasteiger partial charge in [-0.05, 0) is 6.07 Å². The number of furan rings is 1. The Hall–Kier alpha value is -0.770. The highest BCUT2D eigenvalue weighted by molar-refractivity contribution is 9.09. The van der Waals surface area contributed by atoms with E-state index in [-0.39, 0.29) is 5.91 Å². The van der Waals surface area contributed by atoms with Gasteiger partial charge in [0, 0.05) is 23.9 Å². The van der Waals surface area contributed by atoms with E-state index in [2.05, 4.69) is 21.2 Å². The summed E-state index contributed by atoms with van der Waals surface area (Å²) in [7, 11) is 0. The Labute approximate surface area is 79.3 Å². The molecule has 1 rings (SSSR count). The van der Waals surface area contributed by atoms with Gasteiger partial charge in [-0.2, -0.15) is 0 Å². The number of alkyl halides is 1. The molecule has 1 heterocycles. The van der Waals surface area contributed by atoms with Crippen molar-refractivity contribution in [1.82, 2.24) is 5.32 Å². The fraction of sp³-hybridized carbons (Fsp3) is 0.375. The van der Waals surface area contributed by atoms with Crippen LogP contribution in [0.1, 0.15) is 12.0 Å². The number of rotatable bonds is 4. The number of carbonyl (C=O) groups is 1. The molecule has 0 saturated carbocycles. The molecule has 4 heteroatoms. The molecular formula is C8H10BrNO2. The minimum absolute atomic E-state index is 0.0491. The Bertz CT molecular complexity index is 233. The molecule has 0 aliphatic heterocycles. The van der Waals surface area contributed by atoms with Crippen molar-refractivity contribution in [2.75, 3.05) is 5.33 Å². The third kappa shape index (κ3) is 3.09. The van der Waals surface area contributed by atoms with E-state index in [4.69, 9.17) is 4.42 Å². The maximum atomic E-state index is 11.0. The number of amides is 1. The van der Waals surface area contributed by atoms with Gasteiger partial charge in [0.25, 0.3) is 0 Å². The molecule has 0 radical (unpaired) electrons. The lowest BCUT2D eigenvalue weighted by molar-refractivity contribution is -0.120. The van der Waals surface area contributed by atoms with Gasteiger partial charge in [0.05, 0.1) is 12.5 Å². The number of halogens is 1. The first-order valence-corrected chi connectivity index (χ1v) is 4.79. The summed E-state index contributed by atoms with van der Waals surface area (Å²) in [6.07, 6.45) is 3.72. The van der Waals surface area contributed by atoms with Crippen LogP contribution in [0.4, 0.5) is 0 Å². The lowest BCUT2D eigenvalue weighted by Gasteiger charge is -2.00. The first-order chi connectivity index (χ1) is 5.83. The largest absolute Gasteiger partial charge is 0.472 e. The topological polar surface area (TPSA) is 42.2 Å². The van der Waals surface area contributed by atoms with E-state index in [9.17, 15) is 4.79 Å². The van der Waals surface area contributed by atoms with Crippen LogP contribution in [0.15, 0.2) is 23.0 Å². The Morgan fingerprint density at radius 3 is 3.08 bits per heavy atom. The summed E-state index contributed by atoms with van der Waals surface area (Å²) < 4.78 is 4.85. The van der Waals surface area contributed by atoms with Gasteiger partial charge in [-0.3, -0.25) is 4.79 Å². The molecule has 0 unspecified atom stereocenters. The third-order valence-corrected chi connectivity index (χ3v) is 1.79. The van der Waals surface area contributed by atoms with Crippen molar-refractivity contribution >= 4 is 21.8 Å². The van der Waals surface area contributed by atoms with Crippen LogP contribution in [-0.2, 0) is 11.3 Å². The maximum Gasteiger partial charge on any atom is 0.221 e. The van der Waals surface area contributed by atoms with E-state index in [1.807, 2.05) is 6.07 Å². The Morgan fingerprint density at radius 2 is 2.50 bits per heavy atom. The van der Waals surface area contributed by atoms with Crippen molar-refractivity contribution < 1.29 is 9.21 Å². The van der Waals surface area contributed by atoms with Gasteiger partial charge in [0.15, 0.2) is 0 Å². The predicted octanol–water partition coefficient (Wildman–Crippen LogP) is 1.68. The van der Waals surface area contributed by atoms with E-state index in [1.165, 1.54) is 0 Å². The second-order valence-electron chi connectivity index (χ2n) is 2.35. The van der Waals surface area contributed by atoms with E-state index >= 15 is 0 Å². The van der Waals surface area contributed by atoms with Gasteiger partial charge in [-0.15, -0.1) is 0 Å². The van der Waals surface area contributed by atoms with Gasteiger partial charge in [-0.1, -0.05) is 15.9 Å². The van der Waals surface area contributed by atoms with Crippen molar-refractivity contribution in [3.63, 3.8) is 0 Å². The summed E-state index contributed by atoms with van der Waals surface area (Å²) in [6, 6.07) is 1.83. The van der Waals surface area contributed by atoms with E-state index in [1.54, 1.807) is 12.5 Å². The predicted molar refractivity (Wildman–Crippen MR) is 49.0 cm³/mol. The third-order valence-electron chi connectivity index (χ3n) is 1.39. The summed E-state index contributed by atoms with van der Waals surface area (Å²) >= 11 is 3.19. The SMILES string of the molecule is O=C(CCBr)NCc1ccoc1. The molecule has 1 aromatic heterocycles. The van der Waals surface area contributed by atoms with Gasteiger partial charge < -0.3 is 9.73 Å². The average molecular weight is 232 g/mol. The van der Waals surface area contributed by atoms with Crippen LogP contribution in [0.2, 0.25) is 0 Å². The second-order valence-corrected chi connectivity index (χ2v) is 3.14. The Kier molecular flexibility index (Phi) is 3.87. The molecule has 12 heavy (non-hydrogen) atoms. The number of nitrogens with one attached hydrogen (secondary N) is 1. The number of carbonyl (C=O) groups excluding carboxylic acids is 1. The fourth-order valence-corrected chi connectivity index (χ4v) is 1.13. The van der Waals surface area contributed by atoms with Crippen LogP contribution in [-0.4, -0.2) is 11.2 Å². The van der Waals surface area contributed by atoms with Gasteiger partial charge in [0.1, 0.15) is 0 Å². The van der Waals surface area contributed by atoms with Crippen LogP contribution in [0.25, 0.3) is 0 Å². The molecule has 0 bridgehead atoms. The minimum Gasteiger partial charge on any atom is -0.472 e. The summed E-state index contributed by atoms with van der Waals surface area (Å²) in [5.74, 6) is 0.0491. The Balaban J connectivity index is 2.22. The molecule has 1 aromatic rings. The summed E-state index contributed by atoms with van der Waals surface area (Å²) in [4.78, 5) is 11.0. The molecular weight excluding hydrogens is 222 g/mol. The maximum absolute atomic E-state index is 11.0. The molecule has 0 spiro atoms. The van der Waals surface area contributed by atoms with Gasteiger partial charge in [-0.25, -0.2) is 0 Å². The van der Waals surface area contributed by atoms with Crippen molar-refractivity contribution in [1.29, 1.82) is 0 Å². The quantitative estimate of drug-likeness (QED) is 0.802. The van der Waals surface area contributed by atoms with Crippen molar-refractivity contribution in [3.05, 3.63) is 24.2 Å². The molecule has 0 aliphatic carbocycles. The molecule has 1 amide bonds. The summed E-state index contributed by atoms with van der Waals surface area (Å²) in [5, 5.41) is 3.46. The van der Waals surface area contributed by atoms with Crippen LogP contribution in [0, 0.1) is 0 Å². The molecule has 0 atom stereocenters. The van der Waals surface area contributed by atoms with Crippen LogP contribution < -0.4 is 5.32 Å². The first-order valence-electron chi connectivity index (χ1n) is 3.66. The number of hydrogen-bond donors (Lipinski definition) is 1.